The van der Waals surface area contributed by atoms with E-state index in [1.165, 1.54) is 9.80 Å². The zero-order chi connectivity index (χ0) is 12.8. The molecule has 0 aliphatic carbocycles. The molecule has 17 heavy (non-hydrogen) atoms. The molecule has 0 saturated carbocycles. The molecule has 0 N–H and O–H groups in total. The van der Waals surface area contributed by atoms with Crippen LogP contribution >= 0.6 is 0 Å². The molecular weight excluding hydrogens is 224 g/mol. The van der Waals surface area contributed by atoms with Gasteiger partial charge in [-0.3, -0.25) is 9.59 Å². The maximum Gasteiger partial charge on any atom is 0.242 e. The normalized spacial score (nSPS) is 17.2. The molecule has 0 bridgehead atoms. The Morgan fingerprint density at radius 2 is 1.71 bits per heavy atom. The number of amides is 2. The van der Waals surface area contributed by atoms with Crippen molar-refractivity contribution in [2.24, 2.45) is 0 Å². The van der Waals surface area contributed by atoms with Crippen LogP contribution in [0.5, 0.6) is 0 Å². The minimum atomic E-state index is -0.454. The predicted octanol–water partition coefficient (Wildman–Crippen LogP) is -0.314. The first-order valence-corrected chi connectivity index (χ1v) is 5.83. The Morgan fingerprint density at radius 3 is 2.24 bits per heavy atom. The first-order valence-electron chi connectivity index (χ1n) is 5.83. The third-order valence-electron chi connectivity index (χ3n) is 2.55. The lowest BCUT2D eigenvalue weighted by atomic mass is 10.3. The van der Waals surface area contributed by atoms with E-state index in [0.29, 0.717) is 19.8 Å². The first-order chi connectivity index (χ1) is 8.08. The molecular formula is C11H20N2O4. The summed E-state index contributed by atoms with van der Waals surface area (Å²) in [7, 11) is 1.63. The lowest BCUT2D eigenvalue weighted by molar-refractivity contribution is -0.167. The van der Waals surface area contributed by atoms with Gasteiger partial charge in [-0.2, -0.15) is 0 Å². The lowest BCUT2D eigenvalue weighted by Crippen LogP contribution is -2.54. The molecule has 1 heterocycles. The highest BCUT2D eigenvalue weighted by Crippen LogP contribution is 2.06. The molecule has 0 spiro atoms. The molecule has 1 fully saturated rings. The fourth-order valence-electron chi connectivity index (χ4n) is 1.63. The van der Waals surface area contributed by atoms with E-state index >= 15 is 0 Å². The molecule has 98 valence electrons. The van der Waals surface area contributed by atoms with E-state index in [1.54, 1.807) is 7.05 Å². The smallest absolute Gasteiger partial charge is 0.242 e. The van der Waals surface area contributed by atoms with Gasteiger partial charge in [-0.15, -0.1) is 0 Å². The fourth-order valence-corrected chi connectivity index (χ4v) is 1.63. The summed E-state index contributed by atoms with van der Waals surface area (Å²) < 4.78 is 10.7. The number of piperazine rings is 1. The van der Waals surface area contributed by atoms with E-state index in [0.717, 1.165) is 0 Å². The third-order valence-corrected chi connectivity index (χ3v) is 2.55. The number of likely N-dealkylation sites (N-methyl/N-ethyl adjacent to an activating group) is 1. The van der Waals surface area contributed by atoms with Crippen molar-refractivity contribution in [2.45, 2.75) is 20.1 Å². The van der Waals surface area contributed by atoms with Crippen LogP contribution < -0.4 is 0 Å². The molecule has 1 aliphatic rings. The van der Waals surface area contributed by atoms with Gasteiger partial charge in [-0.05, 0) is 13.8 Å². The molecule has 1 rings (SSSR count). The van der Waals surface area contributed by atoms with Crippen LogP contribution in [0, 0.1) is 0 Å². The van der Waals surface area contributed by atoms with Gasteiger partial charge in [0.25, 0.3) is 0 Å². The summed E-state index contributed by atoms with van der Waals surface area (Å²) in [5.41, 5.74) is 0. The SMILES string of the molecule is CCOC(CN1CC(=O)N(C)CC1=O)OCC. The van der Waals surface area contributed by atoms with Crippen LogP contribution in [0.3, 0.4) is 0 Å². The van der Waals surface area contributed by atoms with Gasteiger partial charge in [0.05, 0.1) is 19.6 Å². The second-order valence-corrected chi connectivity index (χ2v) is 3.86. The van der Waals surface area contributed by atoms with Crippen molar-refractivity contribution >= 4 is 11.8 Å². The molecule has 6 heteroatoms. The summed E-state index contributed by atoms with van der Waals surface area (Å²) in [5.74, 6) is -0.132. The molecule has 0 aromatic heterocycles. The van der Waals surface area contributed by atoms with Crippen molar-refractivity contribution in [1.82, 2.24) is 9.80 Å². The van der Waals surface area contributed by atoms with E-state index in [1.807, 2.05) is 13.8 Å². The number of carbonyl (C=O) groups is 2. The monoisotopic (exact) mass is 244 g/mol. The minimum absolute atomic E-state index is 0.0589. The Labute approximate surface area is 101 Å². The Hall–Kier alpha value is -1.14. The van der Waals surface area contributed by atoms with E-state index < -0.39 is 6.29 Å². The van der Waals surface area contributed by atoms with Crippen molar-refractivity contribution in [2.75, 3.05) is 39.9 Å². The van der Waals surface area contributed by atoms with Gasteiger partial charge in [0.1, 0.15) is 0 Å². The van der Waals surface area contributed by atoms with Crippen LogP contribution in [0.25, 0.3) is 0 Å². The lowest BCUT2D eigenvalue weighted by Gasteiger charge is -2.33. The third kappa shape index (κ3) is 3.98. The Morgan fingerprint density at radius 1 is 1.12 bits per heavy atom. The van der Waals surface area contributed by atoms with Crippen LogP contribution in [-0.2, 0) is 19.1 Å². The number of rotatable bonds is 6. The van der Waals surface area contributed by atoms with Crippen LogP contribution in [0.1, 0.15) is 13.8 Å². The molecule has 0 unspecified atom stereocenters. The number of nitrogens with zero attached hydrogens (tertiary/aromatic N) is 2. The van der Waals surface area contributed by atoms with Crippen molar-refractivity contribution in [3.63, 3.8) is 0 Å². The summed E-state index contributed by atoms with van der Waals surface area (Å²) >= 11 is 0. The molecule has 6 nitrogen and oxygen atoms in total. The zero-order valence-corrected chi connectivity index (χ0v) is 10.6. The largest absolute Gasteiger partial charge is 0.351 e. The van der Waals surface area contributed by atoms with Crippen LogP contribution in [0.4, 0.5) is 0 Å². The molecule has 1 saturated heterocycles. The zero-order valence-electron chi connectivity index (χ0n) is 10.6. The summed E-state index contributed by atoms with van der Waals surface area (Å²) in [5, 5.41) is 0. The number of hydrogen-bond acceptors (Lipinski definition) is 4. The van der Waals surface area contributed by atoms with Crippen molar-refractivity contribution < 1.29 is 19.1 Å². The van der Waals surface area contributed by atoms with Gasteiger partial charge in [0, 0.05) is 20.3 Å². The molecule has 1 aliphatic heterocycles. The van der Waals surface area contributed by atoms with Gasteiger partial charge < -0.3 is 19.3 Å². The van der Waals surface area contributed by atoms with Gasteiger partial charge >= 0.3 is 0 Å². The highest BCUT2D eigenvalue weighted by Gasteiger charge is 2.29. The van der Waals surface area contributed by atoms with Crippen molar-refractivity contribution in [3.05, 3.63) is 0 Å². The molecule has 2 amide bonds. The maximum absolute atomic E-state index is 11.7. The highest BCUT2D eigenvalue weighted by molar-refractivity contribution is 5.92. The maximum atomic E-state index is 11.7. The minimum Gasteiger partial charge on any atom is -0.351 e. The van der Waals surface area contributed by atoms with Gasteiger partial charge in [-0.1, -0.05) is 0 Å². The summed E-state index contributed by atoms with van der Waals surface area (Å²) in [6, 6.07) is 0. The average Bonchev–Trinajstić information content (AvgIpc) is 2.26. The Balaban J connectivity index is 2.53. The Bertz CT molecular complexity index is 277. The number of carbonyl (C=O) groups excluding carboxylic acids is 2. The quantitative estimate of drug-likeness (QED) is 0.601. The van der Waals surface area contributed by atoms with E-state index in [9.17, 15) is 9.59 Å². The van der Waals surface area contributed by atoms with Crippen LogP contribution in [0.15, 0.2) is 0 Å². The fraction of sp³-hybridized carbons (Fsp3) is 0.818. The summed E-state index contributed by atoms with van der Waals surface area (Å²) in [6.45, 7) is 5.29. The summed E-state index contributed by atoms with van der Waals surface area (Å²) in [6.07, 6.45) is -0.454. The van der Waals surface area contributed by atoms with Gasteiger partial charge in [-0.25, -0.2) is 0 Å². The van der Waals surface area contributed by atoms with Crippen LogP contribution in [0.2, 0.25) is 0 Å². The predicted molar refractivity (Wildman–Crippen MR) is 61.3 cm³/mol. The molecule has 0 atom stereocenters. The van der Waals surface area contributed by atoms with Crippen molar-refractivity contribution in [1.29, 1.82) is 0 Å². The molecule has 0 aromatic rings. The van der Waals surface area contributed by atoms with Crippen molar-refractivity contribution in [3.8, 4) is 0 Å². The Kier molecular flexibility index (Phi) is 5.37. The summed E-state index contributed by atoms with van der Waals surface area (Å²) in [4.78, 5) is 26.1. The number of ether oxygens (including phenoxy) is 2. The highest BCUT2D eigenvalue weighted by atomic mass is 16.7. The average molecular weight is 244 g/mol. The topological polar surface area (TPSA) is 59.1 Å². The van der Waals surface area contributed by atoms with E-state index in [2.05, 4.69) is 0 Å². The molecule has 0 radical (unpaired) electrons. The second-order valence-electron chi connectivity index (χ2n) is 3.86. The van der Waals surface area contributed by atoms with E-state index in [4.69, 9.17) is 9.47 Å². The van der Waals surface area contributed by atoms with E-state index in [-0.39, 0.29) is 24.9 Å². The second kappa shape index (κ2) is 6.56. The number of hydrogen-bond donors (Lipinski definition) is 0. The standard InChI is InChI=1S/C11H20N2O4/c1-4-16-11(17-5-2)8-13-7-9(14)12(3)6-10(13)15/h11H,4-8H2,1-3H3. The first kappa shape index (κ1) is 13.9. The van der Waals surface area contributed by atoms with Crippen LogP contribution in [-0.4, -0.2) is 67.8 Å². The molecule has 0 aromatic carbocycles. The van der Waals surface area contributed by atoms with Gasteiger partial charge in [0.2, 0.25) is 11.8 Å². The van der Waals surface area contributed by atoms with Gasteiger partial charge in [0.15, 0.2) is 6.29 Å².